The zero-order chi connectivity index (χ0) is 16.3. The van der Waals surface area contributed by atoms with Gasteiger partial charge in [-0.15, -0.1) is 0 Å². The third-order valence-electron chi connectivity index (χ3n) is 3.64. The Morgan fingerprint density at radius 2 is 2.00 bits per heavy atom. The smallest absolute Gasteiger partial charge is 0.188 e. The van der Waals surface area contributed by atoms with Crippen LogP contribution in [-0.2, 0) is 13.1 Å². The predicted molar refractivity (Wildman–Crippen MR) is 95.2 cm³/mol. The Hall–Kier alpha value is -2.30. The van der Waals surface area contributed by atoms with E-state index >= 15 is 0 Å². The normalized spacial score (nSPS) is 11.6. The van der Waals surface area contributed by atoms with E-state index in [9.17, 15) is 0 Å². The number of nitrogens with one attached hydrogen (secondary N) is 1. The third-order valence-corrected chi connectivity index (χ3v) is 3.64. The topological polar surface area (TPSA) is 68.2 Å². The van der Waals surface area contributed by atoms with Crippen LogP contribution >= 0.6 is 0 Å². The van der Waals surface area contributed by atoms with Crippen molar-refractivity contribution in [3.05, 3.63) is 53.9 Å². The molecule has 0 radical (unpaired) electrons. The van der Waals surface area contributed by atoms with Crippen molar-refractivity contribution in [2.45, 2.75) is 45.7 Å². The van der Waals surface area contributed by atoms with Gasteiger partial charge < -0.3 is 11.1 Å². The average molecular weight is 313 g/mol. The summed E-state index contributed by atoms with van der Waals surface area (Å²) < 4.78 is 1.93. The van der Waals surface area contributed by atoms with E-state index in [1.807, 2.05) is 35.3 Å². The number of aromatic nitrogens is 2. The van der Waals surface area contributed by atoms with Gasteiger partial charge in [-0.05, 0) is 12.0 Å². The van der Waals surface area contributed by atoms with E-state index in [1.54, 1.807) is 0 Å². The minimum absolute atomic E-state index is 0.511. The summed E-state index contributed by atoms with van der Waals surface area (Å²) in [5, 5.41) is 7.53. The molecule has 0 bridgehead atoms. The van der Waals surface area contributed by atoms with Gasteiger partial charge in [0.05, 0.1) is 19.3 Å². The molecule has 0 atom stereocenters. The molecule has 0 fully saturated rings. The summed E-state index contributed by atoms with van der Waals surface area (Å²) in [6.45, 7) is 4.43. The number of rotatable bonds is 9. The molecule has 0 spiro atoms. The van der Waals surface area contributed by atoms with Crippen molar-refractivity contribution in [3.63, 3.8) is 0 Å². The van der Waals surface area contributed by atoms with E-state index in [0.29, 0.717) is 12.5 Å². The molecule has 5 nitrogen and oxygen atoms in total. The number of nitrogens with zero attached hydrogens (tertiary/aromatic N) is 3. The largest absolute Gasteiger partial charge is 0.370 e. The van der Waals surface area contributed by atoms with Gasteiger partial charge in [-0.3, -0.25) is 4.68 Å². The Morgan fingerprint density at radius 3 is 2.78 bits per heavy atom. The molecule has 1 heterocycles. The molecular weight excluding hydrogens is 286 g/mol. The maximum absolute atomic E-state index is 5.88. The maximum Gasteiger partial charge on any atom is 0.188 e. The lowest BCUT2D eigenvalue weighted by Gasteiger charge is -2.04. The number of benzene rings is 1. The molecule has 0 aliphatic heterocycles. The minimum atomic E-state index is 0.511. The van der Waals surface area contributed by atoms with Gasteiger partial charge in [0.25, 0.3) is 0 Å². The van der Waals surface area contributed by atoms with Crippen LogP contribution in [0.5, 0.6) is 0 Å². The molecule has 3 N–H and O–H groups in total. The van der Waals surface area contributed by atoms with Gasteiger partial charge in [0.1, 0.15) is 0 Å². The van der Waals surface area contributed by atoms with Crippen LogP contribution in [0.4, 0.5) is 0 Å². The Morgan fingerprint density at radius 1 is 1.17 bits per heavy atom. The molecule has 5 heteroatoms. The van der Waals surface area contributed by atoms with Crippen molar-refractivity contribution in [2.24, 2.45) is 10.7 Å². The van der Waals surface area contributed by atoms with E-state index in [4.69, 9.17) is 5.73 Å². The van der Waals surface area contributed by atoms with Gasteiger partial charge in [0, 0.05) is 18.3 Å². The predicted octanol–water partition coefficient (Wildman–Crippen LogP) is 2.92. The first-order valence-electron chi connectivity index (χ1n) is 8.37. The van der Waals surface area contributed by atoms with Crippen LogP contribution in [0, 0.1) is 0 Å². The van der Waals surface area contributed by atoms with Crippen LogP contribution in [0.3, 0.4) is 0 Å². The average Bonchev–Trinajstić information content (AvgIpc) is 3.01. The summed E-state index contributed by atoms with van der Waals surface area (Å²) in [5.41, 5.74) is 8.18. The summed E-state index contributed by atoms with van der Waals surface area (Å²) in [4.78, 5) is 4.36. The molecule has 0 unspecified atom stereocenters. The molecule has 0 aliphatic rings. The fraction of sp³-hybridized carbons (Fsp3) is 0.444. The third kappa shape index (κ3) is 6.55. The standard InChI is InChI=1S/C18H27N5/c1-2-3-4-8-11-20-18(19)21-12-17-13-22-23(15-17)14-16-9-6-5-7-10-16/h5-7,9-10,13,15H,2-4,8,11-12,14H2,1H3,(H3,19,20,21). The zero-order valence-electron chi connectivity index (χ0n) is 13.9. The molecule has 23 heavy (non-hydrogen) atoms. The second-order valence-corrected chi connectivity index (χ2v) is 5.72. The maximum atomic E-state index is 5.88. The van der Waals surface area contributed by atoms with Crippen molar-refractivity contribution < 1.29 is 0 Å². The summed E-state index contributed by atoms with van der Waals surface area (Å²) in [6.07, 6.45) is 8.77. The van der Waals surface area contributed by atoms with Crippen molar-refractivity contribution >= 4 is 5.96 Å². The molecule has 1 aromatic heterocycles. The first kappa shape index (κ1) is 17.1. The molecule has 2 aromatic rings. The van der Waals surface area contributed by atoms with Gasteiger partial charge >= 0.3 is 0 Å². The molecule has 124 valence electrons. The second-order valence-electron chi connectivity index (χ2n) is 5.72. The first-order chi connectivity index (χ1) is 11.3. The van der Waals surface area contributed by atoms with Gasteiger partial charge in [0.2, 0.25) is 0 Å². The van der Waals surface area contributed by atoms with E-state index < -0.39 is 0 Å². The van der Waals surface area contributed by atoms with Crippen molar-refractivity contribution in [3.8, 4) is 0 Å². The highest BCUT2D eigenvalue weighted by Crippen LogP contribution is 2.05. The summed E-state index contributed by atoms with van der Waals surface area (Å²) in [7, 11) is 0. The lowest BCUT2D eigenvalue weighted by Crippen LogP contribution is -2.32. The van der Waals surface area contributed by atoms with Crippen molar-refractivity contribution in [1.29, 1.82) is 0 Å². The van der Waals surface area contributed by atoms with E-state index in [2.05, 4.69) is 34.5 Å². The Labute approximate surface area is 138 Å². The van der Waals surface area contributed by atoms with E-state index in [1.165, 1.54) is 24.8 Å². The van der Waals surface area contributed by atoms with Crippen LogP contribution < -0.4 is 11.1 Å². The van der Waals surface area contributed by atoms with Crippen LogP contribution in [-0.4, -0.2) is 22.3 Å². The monoisotopic (exact) mass is 313 g/mol. The van der Waals surface area contributed by atoms with Gasteiger partial charge in [-0.2, -0.15) is 5.10 Å². The Kier molecular flexibility index (Phi) is 7.17. The zero-order valence-corrected chi connectivity index (χ0v) is 13.9. The van der Waals surface area contributed by atoms with Crippen LogP contribution in [0.2, 0.25) is 0 Å². The lowest BCUT2D eigenvalue weighted by molar-refractivity contribution is 0.652. The summed E-state index contributed by atoms with van der Waals surface area (Å²) in [5.74, 6) is 0.511. The highest BCUT2D eigenvalue weighted by molar-refractivity contribution is 5.77. The number of nitrogens with two attached hydrogens (primary N) is 1. The summed E-state index contributed by atoms with van der Waals surface area (Å²) in [6, 6.07) is 10.3. The summed E-state index contributed by atoms with van der Waals surface area (Å²) >= 11 is 0. The second kappa shape index (κ2) is 9.66. The van der Waals surface area contributed by atoms with Crippen LogP contribution in [0.1, 0.15) is 43.7 Å². The molecule has 0 aliphatic carbocycles. The molecular formula is C18H27N5. The molecule has 0 saturated carbocycles. The van der Waals surface area contributed by atoms with Crippen molar-refractivity contribution in [2.75, 3.05) is 6.54 Å². The van der Waals surface area contributed by atoms with E-state index in [0.717, 1.165) is 25.1 Å². The lowest BCUT2D eigenvalue weighted by atomic mass is 10.2. The van der Waals surface area contributed by atoms with Gasteiger partial charge in [0.15, 0.2) is 5.96 Å². The molecule has 0 amide bonds. The SMILES string of the molecule is CCCCCCNC(N)=NCc1cnn(Cc2ccccc2)c1. The number of guanidine groups is 1. The number of hydrogen-bond donors (Lipinski definition) is 2. The highest BCUT2D eigenvalue weighted by atomic mass is 15.3. The highest BCUT2D eigenvalue weighted by Gasteiger charge is 2.00. The Bertz CT molecular complexity index is 588. The number of unbranched alkanes of at least 4 members (excludes halogenated alkanes) is 3. The van der Waals surface area contributed by atoms with Gasteiger partial charge in [-0.25, -0.2) is 4.99 Å². The van der Waals surface area contributed by atoms with E-state index in [-0.39, 0.29) is 0 Å². The molecule has 1 aromatic carbocycles. The first-order valence-corrected chi connectivity index (χ1v) is 8.37. The minimum Gasteiger partial charge on any atom is -0.370 e. The fourth-order valence-corrected chi connectivity index (χ4v) is 2.35. The quantitative estimate of drug-likeness (QED) is 0.425. The Balaban J connectivity index is 1.74. The van der Waals surface area contributed by atoms with Crippen LogP contribution in [0.25, 0.3) is 0 Å². The fourth-order valence-electron chi connectivity index (χ4n) is 2.35. The number of hydrogen-bond acceptors (Lipinski definition) is 2. The molecule has 0 saturated heterocycles. The van der Waals surface area contributed by atoms with Crippen LogP contribution in [0.15, 0.2) is 47.7 Å². The number of aliphatic imine (C=N–C) groups is 1. The molecule has 2 rings (SSSR count). The van der Waals surface area contributed by atoms with Crippen molar-refractivity contribution in [1.82, 2.24) is 15.1 Å². The van der Waals surface area contributed by atoms with Gasteiger partial charge in [-0.1, -0.05) is 56.5 Å².